The lowest BCUT2D eigenvalue weighted by Gasteiger charge is -2.29. The van der Waals surface area contributed by atoms with Gasteiger partial charge in [0.1, 0.15) is 5.82 Å². The molecule has 134 valence electrons. The predicted molar refractivity (Wildman–Crippen MR) is 103 cm³/mol. The molecule has 5 rings (SSSR count). The first-order chi connectivity index (χ1) is 12.2. The van der Waals surface area contributed by atoms with Gasteiger partial charge in [0.15, 0.2) is 5.65 Å². The molecule has 0 radical (unpaired) electrons. The average Bonchev–Trinajstić information content (AvgIpc) is 3.32. The van der Waals surface area contributed by atoms with Crippen LogP contribution in [-0.2, 0) is 11.8 Å². The zero-order valence-corrected chi connectivity index (χ0v) is 16.2. The van der Waals surface area contributed by atoms with Crippen molar-refractivity contribution >= 4 is 27.4 Å². The van der Waals surface area contributed by atoms with E-state index in [1.807, 2.05) is 10.7 Å². The van der Waals surface area contributed by atoms with Gasteiger partial charge in [-0.25, -0.2) is 4.98 Å². The SMILES string of the molecule is NC1CCC(Nc2c3c(nc4c(Br)cnn24)C2(CCCC2)CC3)CC1. The van der Waals surface area contributed by atoms with E-state index >= 15 is 0 Å². The lowest BCUT2D eigenvalue weighted by molar-refractivity contribution is 0.409. The second-order valence-corrected chi connectivity index (χ2v) is 9.11. The van der Waals surface area contributed by atoms with Crippen molar-refractivity contribution in [1.29, 1.82) is 0 Å². The third-order valence-corrected chi connectivity index (χ3v) is 7.29. The quantitative estimate of drug-likeness (QED) is 0.796. The highest BCUT2D eigenvalue weighted by Gasteiger charge is 2.44. The molecule has 0 aliphatic heterocycles. The molecule has 2 heterocycles. The van der Waals surface area contributed by atoms with Gasteiger partial charge in [-0.15, -0.1) is 0 Å². The lowest BCUT2D eigenvalue weighted by atomic mass is 9.83. The monoisotopic (exact) mass is 403 g/mol. The van der Waals surface area contributed by atoms with Crippen LogP contribution in [0, 0.1) is 0 Å². The van der Waals surface area contributed by atoms with Crippen LogP contribution < -0.4 is 11.1 Å². The van der Waals surface area contributed by atoms with Crippen molar-refractivity contribution in [3.05, 3.63) is 21.9 Å². The summed E-state index contributed by atoms with van der Waals surface area (Å²) >= 11 is 3.65. The fraction of sp³-hybridized carbons (Fsp3) is 0.684. The van der Waals surface area contributed by atoms with Crippen LogP contribution in [-0.4, -0.2) is 26.7 Å². The second-order valence-electron chi connectivity index (χ2n) is 8.26. The number of rotatable bonds is 2. The number of nitrogens with two attached hydrogens (primary N) is 1. The van der Waals surface area contributed by atoms with Gasteiger partial charge in [-0.1, -0.05) is 12.8 Å². The van der Waals surface area contributed by atoms with Crippen LogP contribution in [0.4, 0.5) is 5.82 Å². The molecule has 2 saturated carbocycles. The minimum Gasteiger partial charge on any atom is -0.367 e. The van der Waals surface area contributed by atoms with Crippen LogP contribution in [0.25, 0.3) is 5.65 Å². The van der Waals surface area contributed by atoms with Crippen molar-refractivity contribution in [2.24, 2.45) is 5.73 Å². The van der Waals surface area contributed by atoms with Crippen LogP contribution in [0.15, 0.2) is 10.7 Å². The number of anilines is 1. The van der Waals surface area contributed by atoms with Gasteiger partial charge < -0.3 is 11.1 Å². The van der Waals surface area contributed by atoms with Gasteiger partial charge in [-0.2, -0.15) is 9.61 Å². The number of hydrogen-bond donors (Lipinski definition) is 2. The summed E-state index contributed by atoms with van der Waals surface area (Å²) in [7, 11) is 0. The molecule has 2 aromatic heterocycles. The molecular formula is C19H26BrN5. The molecule has 3 N–H and O–H groups in total. The van der Waals surface area contributed by atoms with Crippen LogP contribution in [0.5, 0.6) is 0 Å². The molecule has 0 saturated heterocycles. The van der Waals surface area contributed by atoms with Crippen LogP contribution >= 0.6 is 15.9 Å². The summed E-state index contributed by atoms with van der Waals surface area (Å²) in [4.78, 5) is 5.11. The van der Waals surface area contributed by atoms with Gasteiger partial charge in [0.05, 0.1) is 16.4 Å². The smallest absolute Gasteiger partial charge is 0.171 e. The van der Waals surface area contributed by atoms with E-state index in [1.54, 1.807) is 0 Å². The molecular weight excluding hydrogens is 378 g/mol. The fourth-order valence-corrected chi connectivity index (χ4v) is 5.65. The summed E-state index contributed by atoms with van der Waals surface area (Å²) in [6.07, 6.45) is 14.1. The number of hydrogen-bond acceptors (Lipinski definition) is 4. The summed E-state index contributed by atoms with van der Waals surface area (Å²) < 4.78 is 3.01. The Kier molecular flexibility index (Phi) is 3.82. The Morgan fingerprint density at radius 3 is 2.68 bits per heavy atom. The fourth-order valence-electron chi connectivity index (χ4n) is 5.30. The van der Waals surface area contributed by atoms with E-state index in [4.69, 9.17) is 10.7 Å². The van der Waals surface area contributed by atoms with Crippen LogP contribution in [0.3, 0.4) is 0 Å². The largest absolute Gasteiger partial charge is 0.367 e. The minimum absolute atomic E-state index is 0.326. The molecule has 5 nitrogen and oxygen atoms in total. The van der Waals surface area contributed by atoms with Gasteiger partial charge in [0.2, 0.25) is 0 Å². The van der Waals surface area contributed by atoms with E-state index in [0.29, 0.717) is 17.5 Å². The van der Waals surface area contributed by atoms with E-state index in [1.165, 1.54) is 49.2 Å². The van der Waals surface area contributed by atoms with Gasteiger partial charge in [0, 0.05) is 23.1 Å². The molecule has 2 fully saturated rings. The Bertz CT molecular complexity index is 800. The van der Waals surface area contributed by atoms with Crippen molar-refractivity contribution < 1.29 is 0 Å². The highest BCUT2D eigenvalue weighted by molar-refractivity contribution is 9.10. The van der Waals surface area contributed by atoms with Gasteiger partial charge >= 0.3 is 0 Å². The number of halogens is 1. The molecule has 0 atom stereocenters. The Hall–Kier alpha value is -1.14. The maximum Gasteiger partial charge on any atom is 0.171 e. The zero-order valence-electron chi connectivity index (χ0n) is 14.6. The van der Waals surface area contributed by atoms with E-state index in [-0.39, 0.29) is 0 Å². The first kappa shape index (κ1) is 16.1. The molecule has 0 unspecified atom stereocenters. The van der Waals surface area contributed by atoms with Crippen LogP contribution in [0.2, 0.25) is 0 Å². The minimum atomic E-state index is 0.326. The first-order valence-corrected chi connectivity index (χ1v) is 10.5. The maximum absolute atomic E-state index is 6.09. The number of nitrogens with zero attached hydrogens (tertiary/aromatic N) is 3. The Balaban J connectivity index is 1.60. The normalized spacial score (nSPS) is 27.9. The van der Waals surface area contributed by atoms with E-state index in [0.717, 1.165) is 42.2 Å². The molecule has 0 bridgehead atoms. The molecule has 0 aromatic carbocycles. The van der Waals surface area contributed by atoms with Crippen molar-refractivity contribution in [1.82, 2.24) is 14.6 Å². The van der Waals surface area contributed by atoms with Crippen molar-refractivity contribution in [2.75, 3.05) is 5.32 Å². The molecule has 1 spiro atoms. The second kappa shape index (κ2) is 5.95. The highest BCUT2D eigenvalue weighted by Crippen LogP contribution is 2.51. The lowest BCUT2D eigenvalue weighted by Crippen LogP contribution is -2.33. The average molecular weight is 404 g/mol. The third kappa shape index (κ3) is 2.52. The van der Waals surface area contributed by atoms with Crippen molar-refractivity contribution in [2.45, 2.75) is 81.7 Å². The van der Waals surface area contributed by atoms with Gasteiger partial charge in [-0.3, -0.25) is 0 Å². The third-order valence-electron chi connectivity index (χ3n) is 6.73. The summed E-state index contributed by atoms with van der Waals surface area (Å²) in [6.45, 7) is 0. The van der Waals surface area contributed by atoms with E-state index < -0.39 is 0 Å². The summed E-state index contributed by atoms with van der Waals surface area (Å²) in [5.41, 5.74) is 10.1. The summed E-state index contributed by atoms with van der Waals surface area (Å²) in [5, 5.41) is 8.46. The Morgan fingerprint density at radius 2 is 1.92 bits per heavy atom. The molecule has 3 aliphatic carbocycles. The first-order valence-electron chi connectivity index (χ1n) is 9.75. The van der Waals surface area contributed by atoms with E-state index in [2.05, 4.69) is 26.3 Å². The summed E-state index contributed by atoms with van der Waals surface area (Å²) in [5.74, 6) is 1.19. The number of fused-ring (bicyclic) bond motifs is 3. The van der Waals surface area contributed by atoms with E-state index in [9.17, 15) is 0 Å². The predicted octanol–water partition coefficient (Wildman–Crippen LogP) is 3.93. The van der Waals surface area contributed by atoms with Gasteiger partial charge in [-0.05, 0) is 67.3 Å². The standard InChI is InChI=1S/C19H26BrN5/c20-15-11-22-25-17(23-13-5-3-12(21)4-6-13)14-7-10-19(8-1-2-9-19)16(14)24-18(15)25/h11-13,23H,1-10,21H2. The highest BCUT2D eigenvalue weighted by atomic mass is 79.9. The Labute approximate surface area is 156 Å². The molecule has 6 heteroatoms. The molecule has 0 amide bonds. The zero-order chi connectivity index (χ0) is 17.0. The van der Waals surface area contributed by atoms with Gasteiger partial charge in [0.25, 0.3) is 0 Å². The molecule has 3 aliphatic rings. The maximum atomic E-state index is 6.09. The summed E-state index contributed by atoms with van der Waals surface area (Å²) in [6, 6.07) is 0.874. The number of nitrogens with one attached hydrogen (secondary N) is 1. The molecule has 25 heavy (non-hydrogen) atoms. The van der Waals surface area contributed by atoms with Crippen LogP contribution in [0.1, 0.15) is 69.0 Å². The van der Waals surface area contributed by atoms with Crippen molar-refractivity contribution in [3.63, 3.8) is 0 Å². The van der Waals surface area contributed by atoms with Crippen molar-refractivity contribution in [3.8, 4) is 0 Å². The molecule has 2 aromatic rings. The topological polar surface area (TPSA) is 68.2 Å². The number of aromatic nitrogens is 3. The Morgan fingerprint density at radius 1 is 1.16 bits per heavy atom.